The van der Waals surface area contributed by atoms with Crippen molar-refractivity contribution in [2.24, 2.45) is 0 Å². The van der Waals surface area contributed by atoms with Gasteiger partial charge in [-0.25, -0.2) is 0 Å². The van der Waals surface area contributed by atoms with Crippen LogP contribution in [0.25, 0.3) is 0 Å². The number of carbonyl (C=O) groups excluding carboxylic acids is 1. The van der Waals surface area contributed by atoms with E-state index < -0.39 is 0 Å². The first-order valence-electron chi connectivity index (χ1n) is 6.33. The van der Waals surface area contributed by atoms with Crippen molar-refractivity contribution in [2.75, 3.05) is 18.2 Å². The molecule has 2 rings (SSSR count). The summed E-state index contributed by atoms with van der Waals surface area (Å²) < 4.78 is 5.21. The molecule has 0 spiro atoms. The monoisotopic (exact) mass is 270 g/mol. The number of amides is 1. The first-order chi connectivity index (χ1) is 9.51. The maximum Gasteiger partial charge on any atom is 0.255 e. The Kier molecular flexibility index (Phi) is 3.94. The molecule has 3 N–H and O–H groups in total. The molecule has 1 amide bonds. The van der Waals surface area contributed by atoms with Crippen LogP contribution in [0.15, 0.2) is 36.4 Å². The van der Waals surface area contributed by atoms with Crippen LogP contribution in [0.1, 0.15) is 21.5 Å². The number of anilines is 2. The molecule has 0 aliphatic rings. The van der Waals surface area contributed by atoms with Crippen LogP contribution in [0.3, 0.4) is 0 Å². The molecule has 0 atom stereocenters. The summed E-state index contributed by atoms with van der Waals surface area (Å²) in [6.45, 7) is 3.99. The number of ether oxygens (including phenoxy) is 1. The summed E-state index contributed by atoms with van der Waals surface area (Å²) in [5, 5.41) is 2.82. The Labute approximate surface area is 118 Å². The molecule has 0 aliphatic heterocycles. The summed E-state index contributed by atoms with van der Waals surface area (Å²) >= 11 is 0. The minimum Gasteiger partial charge on any atom is -0.495 e. The van der Waals surface area contributed by atoms with Gasteiger partial charge in [0.15, 0.2) is 0 Å². The second kappa shape index (κ2) is 5.65. The van der Waals surface area contributed by atoms with Crippen molar-refractivity contribution in [3.63, 3.8) is 0 Å². The molecule has 0 aliphatic carbocycles. The molecule has 0 unspecified atom stereocenters. The zero-order valence-corrected chi connectivity index (χ0v) is 11.9. The second-order valence-corrected chi connectivity index (χ2v) is 4.71. The van der Waals surface area contributed by atoms with Gasteiger partial charge in [0.1, 0.15) is 5.75 Å². The minimum atomic E-state index is -0.183. The minimum absolute atomic E-state index is 0.183. The Hall–Kier alpha value is -2.49. The first-order valence-corrected chi connectivity index (χ1v) is 6.33. The molecule has 104 valence electrons. The third kappa shape index (κ3) is 2.91. The Morgan fingerprint density at radius 1 is 1.10 bits per heavy atom. The number of hydrogen-bond donors (Lipinski definition) is 2. The zero-order valence-electron chi connectivity index (χ0n) is 11.9. The molecule has 0 fully saturated rings. The van der Waals surface area contributed by atoms with Gasteiger partial charge in [-0.15, -0.1) is 0 Å². The third-order valence-corrected chi connectivity index (χ3v) is 3.24. The van der Waals surface area contributed by atoms with Crippen LogP contribution >= 0.6 is 0 Å². The van der Waals surface area contributed by atoms with E-state index in [4.69, 9.17) is 10.5 Å². The van der Waals surface area contributed by atoms with E-state index in [2.05, 4.69) is 5.32 Å². The van der Waals surface area contributed by atoms with E-state index in [1.165, 1.54) is 0 Å². The Morgan fingerprint density at radius 2 is 1.85 bits per heavy atom. The Balaban J connectivity index is 2.27. The highest BCUT2D eigenvalue weighted by Gasteiger charge is 2.10. The van der Waals surface area contributed by atoms with Crippen LogP contribution in [0.5, 0.6) is 5.75 Å². The largest absolute Gasteiger partial charge is 0.495 e. The number of aryl methyl sites for hydroxylation is 2. The molecule has 0 radical (unpaired) electrons. The average Bonchev–Trinajstić information content (AvgIpc) is 2.42. The molecule has 0 bridgehead atoms. The molecule has 0 heterocycles. The highest BCUT2D eigenvalue weighted by molar-refractivity contribution is 6.05. The zero-order chi connectivity index (χ0) is 14.7. The van der Waals surface area contributed by atoms with Gasteiger partial charge in [-0.05, 0) is 55.3 Å². The number of benzene rings is 2. The number of nitrogens with one attached hydrogen (secondary N) is 1. The smallest absolute Gasteiger partial charge is 0.255 e. The van der Waals surface area contributed by atoms with Crippen LogP contribution in [-0.2, 0) is 0 Å². The fraction of sp³-hybridized carbons (Fsp3) is 0.188. The lowest BCUT2D eigenvalue weighted by atomic mass is 10.1. The SMILES string of the molecule is COc1ccc(N)cc1NC(=O)c1ccc(C)c(C)c1. The summed E-state index contributed by atoms with van der Waals surface area (Å²) in [6, 6.07) is 10.7. The molecule has 2 aromatic rings. The number of hydrogen-bond acceptors (Lipinski definition) is 3. The lowest BCUT2D eigenvalue weighted by Gasteiger charge is -2.11. The van der Waals surface area contributed by atoms with Crippen molar-refractivity contribution in [2.45, 2.75) is 13.8 Å². The molecule has 0 saturated heterocycles. The van der Waals surface area contributed by atoms with Crippen molar-refractivity contribution < 1.29 is 9.53 Å². The summed E-state index contributed by atoms with van der Waals surface area (Å²) in [6.07, 6.45) is 0. The number of methoxy groups -OCH3 is 1. The van der Waals surface area contributed by atoms with Crippen LogP contribution < -0.4 is 15.8 Å². The van der Waals surface area contributed by atoms with Gasteiger partial charge in [-0.2, -0.15) is 0 Å². The number of carbonyl (C=O) groups is 1. The molecular formula is C16H18N2O2. The van der Waals surface area contributed by atoms with Crippen LogP contribution in [0.2, 0.25) is 0 Å². The van der Waals surface area contributed by atoms with E-state index in [1.54, 1.807) is 31.4 Å². The lowest BCUT2D eigenvalue weighted by molar-refractivity contribution is 0.102. The lowest BCUT2D eigenvalue weighted by Crippen LogP contribution is -2.13. The molecule has 20 heavy (non-hydrogen) atoms. The Bertz CT molecular complexity index is 651. The maximum atomic E-state index is 12.2. The highest BCUT2D eigenvalue weighted by atomic mass is 16.5. The van der Waals surface area contributed by atoms with E-state index in [-0.39, 0.29) is 5.91 Å². The summed E-state index contributed by atoms with van der Waals surface area (Å²) in [5.74, 6) is 0.397. The summed E-state index contributed by atoms with van der Waals surface area (Å²) in [5.41, 5.74) is 9.71. The highest BCUT2D eigenvalue weighted by Crippen LogP contribution is 2.27. The van der Waals surface area contributed by atoms with Gasteiger partial charge in [-0.1, -0.05) is 6.07 Å². The predicted octanol–water partition coefficient (Wildman–Crippen LogP) is 3.15. The second-order valence-electron chi connectivity index (χ2n) is 4.71. The maximum absolute atomic E-state index is 12.2. The van der Waals surface area contributed by atoms with Crippen molar-refractivity contribution in [1.29, 1.82) is 0 Å². The summed E-state index contributed by atoms with van der Waals surface area (Å²) in [4.78, 5) is 12.2. The van der Waals surface area contributed by atoms with Crippen LogP contribution in [0, 0.1) is 13.8 Å². The molecule has 0 saturated carbocycles. The quantitative estimate of drug-likeness (QED) is 0.842. The molecule has 4 nitrogen and oxygen atoms in total. The third-order valence-electron chi connectivity index (χ3n) is 3.24. The van der Waals surface area contributed by atoms with Gasteiger partial charge in [-0.3, -0.25) is 4.79 Å². The van der Waals surface area contributed by atoms with E-state index in [1.807, 2.05) is 26.0 Å². The fourth-order valence-electron chi connectivity index (χ4n) is 1.90. The van der Waals surface area contributed by atoms with Crippen LogP contribution in [-0.4, -0.2) is 13.0 Å². The average molecular weight is 270 g/mol. The van der Waals surface area contributed by atoms with Gasteiger partial charge >= 0.3 is 0 Å². The molecule has 4 heteroatoms. The molecule has 2 aromatic carbocycles. The molecular weight excluding hydrogens is 252 g/mol. The summed E-state index contributed by atoms with van der Waals surface area (Å²) in [7, 11) is 1.55. The van der Waals surface area contributed by atoms with E-state index in [0.29, 0.717) is 22.7 Å². The normalized spacial score (nSPS) is 10.2. The van der Waals surface area contributed by atoms with Gasteiger partial charge in [0.25, 0.3) is 5.91 Å². The Morgan fingerprint density at radius 3 is 2.50 bits per heavy atom. The van der Waals surface area contributed by atoms with Gasteiger partial charge in [0, 0.05) is 11.3 Å². The first kappa shape index (κ1) is 13.9. The standard InChI is InChI=1S/C16H18N2O2/c1-10-4-5-12(8-11(10)2)16(19)18-14-9-13(17)6-7-15(14)20-3/h4-9H,17H2,1-3H3,(H,18,19). The van der Waals surface area contributed by atoms with Gasteiger partial charge in [0.05, 0.1) is 12.8 Å². The van der Waals surface area contributed by atoms with E-state index >= 15 is 0 Å². The number of rotatable bonds is 3. The van der Waals surface area contributed by atoms with Crippen molar-refractivity contribution >= 4 is 17.3 Å². The molecule has 0 aromatic heterocycles. The van der Waals surface area contributed by atoms with Crippen molar-refractivity contribution in [3.05, 3.63) is 53.1 Å². The van der Waals surface area contributed by atoms with Gasteiger partial charge in [0.2, 0.25) is 0 Å². The van der Waals surface area contributed by atoms with Crippen molar-refractivity contribution in [3.8, 4) is 5.75 Å². The number of nitrogens with two attached hydrogens (primary N) is 1. The van der Waals surface area contributed by atoms with Gasteiger partial charge < -0.3 is 15.8 Å². The van der Waals surface area contributed by atoms with Crippen LogP contribution in [0.4, 0.5) is 11.4 Å². The van der Waals surface area contributed by atoms with E-state index in [0.717, 1.165) is 11.1 Å². The fourth-order valence-corrected chi connectivity index (χ4v) is 1.90. The topological polar surface area (TPSA) is 64.3 Å². The van der Waals surface area contributed by atoms with E-state index in [9.17, 15) is 4.79 Å². The predicted molar refractivity (Wildman–Crippen MR) is 81.3 cm³/mol. The number of nitrogen functional groups attached to an aromatic ring is 1. The van der Waals surface area contributed by atoms with Crippen molar-refractivity contribution in [1.82, 2.24) is 0 Å².